The van der Waals surface area contributed by atoms with E-state index in [1.54, 1.807) is 0 Å². The van der Waals surface area contributed by atoms with Crippen molar-refractivity contribution in [3.05, 3.63) is 60.7 Å². The number of rotatable bonds is 4. The second-order valence-electron chi connectivity index (χ2n) is 8.10. The zero-order chi connectivity index (χ0) is 19.8. The Bertz CT molecular complexity index is 1160. The molecule has 2 heterocycles. The number of fused-ring (bicyclic) bond motifs is 2. The highest BCUT2D eigenvalue weighted by Crippen LogP contribution is 2.48. The van der Waals surface area contributed by atoms with Crippen LogP contribution in [0.25, 0.3) is 22.1 Å². The minimum absolute atomic E-state index is 0.261. The van der Waals surface area contributed by atoms with Gasteiger partial charge in [-0.05, 0) is 49.9 Å². The van der Waals surface area contributed by atoms with Crippen LogP contribution in [0.5, 0.6) is 0 Å². The van der Waals surface area contributed by atoms with Crippen molar-refractivity contribution in [3.63, 3.8) is 0 Å². The fourth-order valence-electron chi connectivity index (χ4n) is 5.16. The van der Waals surface area contributed by atoms with E-state index >= 15 is 0 Å². The molecule has 1 saturated carbocycles. The van der Waals surface area contributed by atoms with Gasteiger partial charge in [-0.3, -0.25) is 0 Å². The molecule has 2 aromatic heterocycles. The van der Waals surface area contributed by atoms with Gasteiger partial charge in [0, 0.05) is 0 Å². The third-order valence-electron chi connectivity index (χ3n) is 6.57. The molecular formula is C24H24N4O. The fourth-order valence-corrected chi connectivity index (χ4v) is 5.16. The lowest BCUT2D eigenvalue weighted by atomic mass is 9.68. The molecule has 5 heteroatoms. The van der Waals surface area contributed by atoms with E-state index < -0.39 is 5.54 Å². The van der Waals surface area contributed by atoms with E-state index in [4.69, 9.17) is 9.40 Å². The smallest absolute Gasteiger partial charge is 0.223 e. The Morgan fingerprint density at radius 3 is 2.55 bits per heavy atom. The number of para-hydroxylation sites is 4. The molecular weight excluding hydrogens is 360 g/mol. The van der Waals surface area contributed by atoms with Gasteiger partial charge in [-0.15, -0.1) is 0 Å². The van der Waals surface area contributed by atoms with E-state index in [0.29, 0.717) is 5.89 Å². The molecule has 146 valence electrons. The summed E-state index contributed by atoms with van der Waals surface area (Å²) in [6.45, 7) is 2.00. The second-order valence-corrected chi connectivity index (χ2v) is 8.10. The maximum atomic E-state index is 10.2. The van der Waals surface area contributed by atoms with Crippen LogP contribution in [0.1, 0.15) is 44.9 Å². The van der Waals surface area contributed by atoms with E-state index in [1.807, 2.05) is 55.7 Å². The van der Waals surface area contributed by atoms with Crippen LogP contribution in [0.3, 0.4) is 0 Å². The Hall–Kier alpha value is -3.13. The third kappa shape index (κ3) is 2.66. The van der Waals surface area contributed by atoms with Crippen molar-refractivity contribution in [2.75, 3.05) is 0 Å². The maximum Gasteiger partial charge on any atom is 0.223 e. The van der Waals surface area contributed by atoms with Crippen LogP contribution < -0.4 is 0 Å². The summed E-state index contributed by atoms with van der Waals surface area (Å²) in [6.07, 6.45) is 7.55. The molecule has 0 spiro atoms. The van der Waals surface area contributed by atoms with Gasteiger partial charge in [-0.2, -0.15) is 5.26 Å². The van der Waals surface area contributed by atoms with Crippen molar-refractivity contribution in [3.8, 4) is 6.07 Å². The van der Waals surface area contributed by atoms with Crippen LogP contribution in [0.15, 0.2) is 59.3 Å². The van der Waals surface area contributed by atoms with Crippen LogP contribution in [-0.4, -0.2) is 14.5 Å². The first kappa shape index (κ1) is 17.9. The van der Waals surface area contributed by atoms with Crippen LogP contribution in [0, 0.1) is 23.2 Å². The Morgan fingerprint density at radius 2 is 1.79 bits per heavy atom. The summed E-state index contributed by atoms with van der Waals surface area (Å²) in [7, 11) is 0. The molecule has 0 aliphatic heterocycles. The van der Waals surface area contributed by atoms with Gasteiger partial charge in [0.2, 0.25) is 5.89 Å². The van der Waals surface area contributed by atoms with Crippen molar-refractivity contribution in [1.29, 1.82) is 5.26 Å². The number of nitrogens with zero attached hydrogens (tertiary/aromatic N) is 4. The van der Waals surface area contributed by atoms with Gasteiger partial charge in [-0.25, -0.2) is 9.97 Å². The predicted molar refractivity (Wildman–Crippen MR) is 112 cm³/mol. The Morgan fingerprint density at radius 1 is 1.07 bits per heavy atom. The molecule has 0 bridgehead atoms. The number of hydrogen-bond donors (Lipinski definition) is 0. The Labute approximate surface area is 170 Å². The topological polar surface area (TPSA) is 67.6 Å². The number of hydrogen-bond acceptors (Lipinski definition) is 4. The van der Waals surface area contributed by atoms with Crippen molar-refractivity contribution in [2.24, 2.45) is 11.8 Å². The molecule has 0 saturated heterocycles. The van der Waals surface area contributed by atoms with Crippen molar-refractivity contribution < 1.29 is 4.42 Å². The molecule has 2 unspecified atom stereocenters. The largest absolute Gasteiger partial charge is 0.438 e. The first-order chi connectivity index (χ1) is 14.2. The Kier molecular flexibility index (Phi) is 4.35. The van der Waals surface area contributed by atoms with Crippen LogP contribution in [-0.2, 0) is 5.54 Å². The van der Waals surface area contributed by atoms with Crippen molar-refractivity contribution in [2.45, 2.75) is 44.6 Å². The van der Waals surface area contributed by atoms with Gasteiger partial charge in [0.15, 0.2) is 5.58 Å². The zero-order valence-electron chi connectivity index (χ0n) is 16.6. The van der Waals surface area contributed by atoms with E-state index in [1.165, 1.54) is 6.42 Å². The van der Waals surface area contributed by atoms with Gasteiger partial charge in [0.05, 0.1) is 29.3 Å². The summed E-state index contributed by atoms with van der Waals surface area (Å²) in [5.41, 5.74) is 2.84. The zero-order valence-corrected chi connectivity index (χ0v) is 16.6. The lowest BCUT2D eigenvalue weighted by Crippen LogP contribution is -2.48. The van der Waals surface area contributed by atoms with Gasteiger partial charge < -0.3 is 8.98 Å². The molecule has 29 heavy (non-hydrogen) atoms. The summed E-state index contributed by atoms with van der Waals surface area (Å²) in [5, 5.41) is 10.2. The predicted octanol–water partition coefficient (Wildman–Crippen LogP) is 5.66. The molecule has 0 amide bonds. The van der Waals surface area contributed by atoms with Crippen LogP contribution in [0.4, 0.5) is 0 Å². The highest BCUT2D eigenvalue weighted by molar-refractivity contribution is 5.76. The summed E-state index contributed by atoms with van der Waals surface area (Å²) >= 11 is 0. The molecule has 1 aliphatic rings. The van der Waals surface area contributed by atoms with E-state index in [2.05, 4.69) is 21.7 Å². The second kappa shape index (κ2) is 7.04. The third-order valence-corrected chi connectivity index (χ3v) is 6.57. The molecule has 1 aliphatic carbocycles. The molecule has 2 aromatic carbocycles. The average molecular weight is 384 g/mol. The minimum atomic E-state index is -0.690. The standard InChI is InChI=1S/C24H24N4O/c1-17(15-25)24(18-9-3-2-4-10-18,23-27-20-12-6-8-14-22(20)29-23)28-16-26-19-11-5-7-13-21(19)28/h5-8,11-14,16-18H,2-4,9-10H2,1H3. The fraction of sp³-hybridized carbons (Fsp3) is 0.375. The normalized spacial score (nSPS) is 18.5. The molecule has 5 rings (SSSR count). The van der Waals surface area contributed by atoms with E-state index in [-0.39, 0.29) is 11.8 Å². The lowest BCUT2D eigenvalue weighted by Gasteiger charge is -2.43. The van der Waals surface area contributed by atoms with Crippen LogP contribution in [0.2, 0.25) is 0 Å². The first-order valence-electron chi connectivity index (χ1n) is 10.4. The Balaban J connectivity index is 1.84. The van der Waals surface area contributed by atoms with Crippen molar-refractivity contribution in [1.82, 2.24) is 14.5 Å². The summed E-state index contributed by atoms with van der Waals surface area (Å²) in [4.78, 5) is 9.59. The van der Waals surface area contributed by atoms with Gasteiger partial charge in [-0.1, -0.05) is 43.5 Å². The van der Waals surface area contributed by atoms with Gasteiger partial charge in [0.25, 0.3) is 0 Å². The van der Waals surface area contributed by atoms with Gasteiger partial charge in [0.1, 0.15) is 11.1 Å². The van der Waals surface area contributed by atoms with Crippen molar-refractivity contribution >= 4 is 22.1 Å². The average Bonchev–Trinajstić information content (AvgIpc) is 3.40. The highest BCUT2D eigenvalue weighted by atomic mass is 16.4. The summed E-state index contributed by atoms with van der Waals surface area (Å²) in [6, 6.07) is 18.5. The number of aromatic nitrogens is 3. The molecule has 1 fully saturated rings. The molecule has 0 radical (unpaired) electrons. The molecule has 0 N–H and O–H groups in total. The number of imidazole rings is 1. The van der Waals surface area contributed by atoms with E-state index in [0.717, 1.165) is 47.8 Å². The molecule has 4 aromatic rings. The minimum Gasteiger partial charge on any atom is -0.438 e. The summed E-state index contributed by atoms with van der Waals surface area (Å²) in [5.74, 6) is 0.565. The lowest BCUT2D eigenvalue weighted by molar-refractivity contribution is 0.103. The summed E-state index contributed by atoms with van der Waals surface area (Å²) < 4.78 is 8.55. The number of nitriles is 1. The van der Waals surface area contributed by atoms with Crippen LogP contribution >= 0.6 is 0 Å². The quantitative estimate of drug-likeness (QED) is 0.455. The maximum absolute atomic E-state index is 10.2. The molecule has 5 nitrogen and oxygen atoms in total. The van der Waals surface area contributed by atoms with Gasteiger partial charge >= 0.3 is 0 Å². The number of benzene rings is 2. The molecule has 2 atom stereocenters. The first-order valence-corrected chi connectivity index (χ1v) is 10.4. The van der Waals surface area contributed by atoms with E-state index in [9.17, 15) is 5.26 Å². The highest BCUT2D eigenvalue weighted by Gasteiger charge is 2.51. The number of oxazole rings is 1. The monoisotopic (exact) mass is 384 g/mol. The SMILES string of the molecule is CC(C#N)C(c1nc2ccccc2o1)(C1CCCCC1)n1cnc2ccccc21.